The zero-order valence-corrected chi connectivity index (χ0v) is 13.5. The molecule has 20 heavy (non-hydrogen) atoms. The average Bonchev–Trinajstić information content (AvgIpc) is 3.12. The molecule has 0 saturated carbocycles. The lowest BCUT2D eigenvalue weighted by Crippen LogP contribution is -2.17. The predicted molar refractivity (Wildman–Crippen MR) is 85.9 cm³/mol. The molecule has 2 heterocycles. The van der Waals surface area contributed by atoms with Gasteiger partial charge in [-0.1, -0.05) is 6.92 Å². The number of aromatic nitrogens is 2. The van der Waals surface area contributed by atoms with E-state index in [1.165, 1.54) is 41.3 Å². The molecule has 0 saturated heterocycles. The van der Waals surface area contributed by atoms with Gasteiger partial charge in [-0.05, 0) is 49.2 Å². The summed E-state index contributed by atoms with van der Waals surface area (Å²) in [5.41, 5.74) is 1.51. The standard InChI is InChI=1S/C15H21N3S2/c1-2-8-16-9-6-14-17-18-15(20-14)12-4-3-5-13-11(12)7-10-19-13/h7,10,12,16H,2-6,8-9H2,1H3. The largest absolute Gasteiger partial charge is 0.316 e. The summed E-state index contributed by atoms with van der Waals surface area (Å²) in [5.74, 6) is 0.500. The fourth-order valence-corrected chi connectivity index (χ4v) is 4.73. The molecule has 0 bridgehead atoms. The molecule has 0 aromatic carbocycles. The van der Waals surface area contributed by atoms with Crippen molar-refractivity contribution in [3.8, 4) is 0 Å². The van der Waals surface area contributed by atoms with E-state index in [1.54, 1.807) is 16.2 Å². The van der Waals surface area contributed by atoms with E-state index in [2.05, 4.69) is 33.9 Å². The highest BCUT2D eigenvalue weighted by atomic mass is 32.1. The zero-order chi connectivity index (χ0) is 13.8. The molecule has 1 aliphatic rings. The Bertz CT molecular complexity index is 547. The summed E-state index contributed by atoms with van der Waals surface area (Å²) in [6.07, 6.45) is 5.94. The van der Waals surface area contributed by atoms with E-state index in [0.29, 0.717) is 5.92 Å². The second-order valence-electron chi connectivity index (χ2n) is 5.28. The molecule has 1 N–H and O–H groups in total. The third-order valence-electron chi connectivity index (χ3n) is 3.77. The van der Waals surface area contributed by atoms with Gasteiger partial charge in [0.05, 0.1) is 0 Å². The molecule has 0 radical (unpaired) electrons. The third kappa shape index (κ3) is 3.10. The van der Waals surface area contributed by atoms with Crippen LogP contribution in [0.4, 0.5) is 0 Å². The highest BCUT2D eigenvalue weighted by Crippen LogP contribution is 2.39. The Labute approximate surface area is 128 Å². The minimum Gasteiger partial charge on any atom is -0.316 e. The van der Waals surface area contributed by atoms with Gasteiger partial charge in [-0.3, -0.25) is 0 Å². The van der Waals surface area contributed by atoms with Crippen LogP contribution in [-0.2, 0) is 12.8 Å². The molecular weight excluding hydrogens is 286 g/mol. The maximum Gasteiger partial charge on any atom is 0.124 e. The first kappa shape index (κ1) is 14.2. The first-order chi connectivity index (χ1) is 9.88. The first-order valence-corrected chi connectivity index (χ1v) is 9.17. The van der Waals surface area contributed by atoms with Crippen molar-refractivity contribution in [1.82, 2.24) is 15.5 Å². The van der Waals surface area contributed by atoms with E-state index >= 15 is 0 Å². The molecule has 0 spiro atoms. The van der Waals surface area contributed by atoms with Gasteiger partial charge in [0, 0.05) is 23.8 Å². The minimum atomic E-state index is 0.500. The number of nitrogens with zero attached hydrogens (tertiary/aromatic N) is 2. The Morgan fingerprint density at radius 1 is 1.35 bits per heavy atom. The smallest absolute Gasteiger partial charge is 0.124 e. The van der Waals surface area contributed by atoms with Crippen LogP contribution in [0.2, 0.25) is 0 Å². The summed E-state index contributed by atoms with van der Waals surface area (Å²) < 4.78 is 0. The number of hydrogen-bond acceptors (Lipinski definition) is 5. The summed E-state index contributed by atoms with van der Waals surface area (Å²) in [4.78, 5) is 1.56. The van der Waals surface area contributed by atoms with Crippen molar-refractivity contribution < 1.29 is 0 Å². The molecule has 1 aliphatic carbocycles. The Kier molecular flexibility index (Phi) is 4.81. The van der Waals surface area contributed by atoms with Crippen molar-refractivity contribution in [2.45, 2.75) is 44.9 Å². The van der Waals surface area contributed by atoms with Crippen LogP contribution in [-0.4, -0.2) is 23.3 Å². The lowest BCUT2D eigenvalue weighted by Gasteiger charge is -2.19. The molecule has 108 valence electrons. The Hall–Kier alpha value is -0.780. The Morgan fingerprint density at radius 2 is 2.30 bits per heavy atom. The summed E-state index contributed by atoms with van der Waals surface area (Å²) >= 11 is 3.70. The number of aryl methyl sites for hydroxylation is 1. The van der Waals surface area contributed by atoms with Gasteiger partial charge in [-0.25, -0.2) is 0 Å². The number of thiophene rings is 1. The van der Waals surface area contributed by atoms with Crippen LogP contribution in [0.25, 0.3) is 0 Å². The van der Waals surface area contributed by atoms with Crippen LogP contribution >= 0.6 is 22.7 Å². The lowest BCUT2D eigenvalue weighted by atomic mass is 9.88. The fraction of sp³-hybridized carbons (Fsp3) is 0.600. The van der Waals surface area contributed by atoms with Gasteiger partial charge in [-0.2, -0.15) is 0 Å². The third-order valence-corrected chi connectivity index (χ3v) is 5.87. The predicted octanol–water partition coefficient (Wildman–Crippen LogP) is 3.61. The average molecular weight is 307 g/mol. The van der Waals surface area contributed by atoms with E-state index in [9.17, 15) is 0 Å². The number of fused-ring (bicyclic) bond motifs is 1. The zero-order valence-electron chi connectivity index (χ0n) is 11.9. The molecular formula is C15H21N3S2. The van der Waals surface area contributed by atoms with Crippen LogP contribution in [0.3, 0.4) is 0 Å². The van der Waals surface area contributed by atoms with E-state index in [-0.39, 0.29) is 0 Å². The second kappa shape index (κ2) is 6.78. The summed E-state index contributed by atoms with van der Waals surface area (Å²) in [5, 5.41) is 16.9. The summed E-state index contributed by atoms with van der Waals surface area (Å²) in [6, 6.07) is 2.29. The molecule has 1 unspecified atom stereocenters. The van der Waals surface area contributed by atoms with Crippen LogP contribution in [0, 0.1) is 0 Å². The van der Waals surface area contributed by atoms with Crippen molar-refractivity contribution in [2.75, 3.05) is 13.1 Å². The van der Waals surface area contributed by atoms with Gasteiger partial charge < -0.3 is 5.32 Å². The topological polar surface area (TPSA) is 37.8 Å². The fourth-order valence-electron chi connectivity index (χ4n) is 2.75. The van der Waals surface area contributed by atoms with Gasteiger partial charge in [0.1, 0.15) is 10.0 Å². The van der Waals surface area contributed by atoms with Gasteiger partial charge in [0.15, 0.2) is 0 Å². The maximum absolute atomic E-state index is 4.46. The normalized spacial score (nSPS) is 18.1. The monoisotopic (exact) mass is 307 g/mol. The van der Waals surface area contributed by atoms with Crippen LogP contribution in [0.1, 0.15) is 52.6 Å². The molecule has 1 atom stereocenters. The Morgan fingerprint density at radius 3 is 3.20 bits per heavy atom. The van der Waals surface area contributed by atoms with Gasteiger partial charge in [-0.15, -0.1) is 32.9 Å². The number of nitrogens with one attached hydrogen (secondary N) is 1. The highest BCUT2D eigenvalue weighted by molar-refractivity contribution is 7.11. The number of hydrogen-bond donors (Lipinski definition) is 1. The molecule has 2 aromatic rings. The molecule has 0 amide bonds. The van der Waals surface area contributed by atoms with Crippen LogP contribution in [0.15, 0.2) is 11.4 Å². The van der Waals surface area contributed by atoms with E-state index in [1.807, 2.05) is 11.3 Å². The van der Waals surface area contributed by atoms with E-state index in [4.69, 9.17) is 0 Å². The molecule has 2 aromatic heterocycles. The van der Waals surface area contributed by atoms with Crippen molar-refractivity contribution in [3.63, 3.8) is 0 Å². The minimum absolute atomic E-state index is 0.500. The molecule has 0 aliphatic heterocycles. The lowest BCUT2D eigenvalue weighted by molar-refractivity contribution is 0.617. The quantitative estimate of drug-likeness (QED) is 0.829. The van der Waals surface area contributed by atoms with E-state index in [0.717, 1.165) is 19.5 Å². The maximum atomic E-state index is 4.46. The Balaban J connectivity index is 1.66. The molecule has 3 rings (SSSR count). The first-order valence-electron chi connectivity index (χ1n) is 7.47. The van der Waals surface area contributed by atoms with Gasteiger partial charge >= 0.3 is 0 Å². The second-order valence-corrected chi connectivity index (χ2v) is 7.37. The van der Waals surface area contributed by atoms with Gasteiger partial charge in [0.25, 0.3) is 0 Å². The van der Waals surface area contributed by atoms with Crippen molar-refractivity contribution in [3.05, 3.63) is 31.9 Å². The van der Waals surface area contributed by atoms with Crippen molar-refractivity contribution >= 4 is 22.7 Å². The van der Waals surface area contributed by atoms with Crippen LogP contribution < -0.4 is 5.32 Å². The summed E-state index contributed by atoms with van der Waals surface area (Å²) in [6.45, 7) is 4.29. The highest BCUT2D eigenvalue weighted by Gasteiger charge is 2.25. The van der Waals surface area contributed by atoms with Crippen molar-refractivity contribution in [1.29, 1.82) is 0 Å². The van der Waals surface area contributed by atoms with Gasteiger partial charge in [0.2, 0.25) is 0 Å². The molecule has 5 heteroatoms. The molecule has 0 fully saturated rings. The molecule has 3 nitrogen and oxygen atoms in total. The van der Waals surface area contributed by atoms with E-state index < -0.39 is 0 Å². The van der Waals surface area contributed by atoms with Crippen LogP contribution in [0.5, 0.6) is 0 Å². The number of rotatable bonds is 6. The van der Waals surface area contributed by atoms with Crippen molar-refractivity contribution in [2.24, 2.45) is 0 Å². The summed E-state index contributed by atoms with van der Waals surface area (Å²) in [7, 11) is 0. The SMILES string of the molecule is CCCNCCc1nnc(C2CCCc3sccc32)s1.